The molecular formula is C25H31N7O2. The molecule has 2 amide bonds. The van der Waals surface area contributed by atoms with Crippen LogP contribution in [-0.2, 0) is 0 Å². The summed E-state index contributed by atoms with van der Waals surface area (Å²) < 4.78 is 7.32. The van der Waals surface area contributed by atoms with E-state index >= 15 is 0 Å². The molecule has 2 atom stereocenters. The van der Waals surface area contributed by atoms with E-state index in [-0.39, 0.29) is 18.1 Å². The van der Waals surface area contributed by atoms with Crippen LogP contribution in [0.4, 0.5) is 4.79 Å². The fourth-order valence-electron chi connectivity index (χ4n) is 4.58. The Morgan fingerprint density at radius 1 is 1.44 bits per heavy atom. The second kappa shape index (κ2) is 10.5. The number of amides is 2. The smallest absolute Gasteiger partial charge is 0.318 e. The molecule has 1 fully saturated rings. The zero-order valence-corrected chi connectivity index (χ0v) is 19.9. The van der Waals surface area contributed by atoms with Gasteiger partial charge in [-0.25, -0.2) is 14.8 Å². The predicted octanol–water partition coefficient (Wildman–Crippen LogP) is 3.49. The summed E-state index contributed by atoms with van der Waals surface area (Å²) in [6, 6.07) is 10.2. The van der Waals surface area contributed by atoms with E-state index < -0.39 is 0 Å². The SMILES string of the molecule is CCN(C(=O)NC1CCCN(CC#N)C1)[C@H](C)c1cccc(-c2cn3ccnc3c(OC)n2)c1. The molecular weight excluding hydrogens is 430 g/mol. The van der Waals surface area contributed by atoms with Gasteiger partial charge in [0.15, 0.2) is 5.65 Å². The lowest BCUT2D eigenvalue weighted by molar-refractivity contribution is 0.163. The molecule has 4 rings (SSSR count). The Morgan fingerprint density at radius 3 is 3.06 bits per heavy atom. The van der Waals surface area contributed by atoms with Crippen molar-refractivity contribution in [2.75, 3.05) is 33.3 Å². The summed E-state index contributed by atoms with van der Waals surface area (Å²) in [7, 11) is 1.59. The molecule has 0 spiro atoms. The van der Waals surface area contributed by atoms with Crippen molar-refractivity contribution in [2.45, 2.75) is 38.8 Å². The Balaban J connectivity index is 1.52. The van der Waals surface area contributed by atoms with Gasteiger partial charge in [0.2, 0.25) is 0 Å². The number of nitrogens with one attached hydrogen (secondary N) is 1. The van der Waals surface area contributed by atoms with Crippen LogP contribution in [0.5, 0.6) is 5.88 Å². The first-order chi connectivity index (χ1) is 16.5. The van der Waals surface area contributed by atoms with Gasteiger partial charge in [0.1, 0.15) is 0 Å². The Labute approximate surface area is 200 Å². The first-order valence-corrected chi connectivity index (χ1v) is 11.7. The minimum atomic E-state index is -0.123. The van der Waals surface area contributed by atoms with Crippen LogP contribution in [0.2, 0.25) is 0 Å². The highest BCUT2D eigenvalue weighted by Gasteiger charge is 2.26. The van der Waals surface area contributed by atoms with Crippen LogP contribution in [0.15, 0.2) is 42.9 Å². The van der Waals surface area contributed by atoms with E-state index in [1.807, 2.05) is 53.7 Å². The van der Waals surface area contributed by atoms with Crippen molar-refractivity contribution in [1.29, 1.82) is 5.26 Å². The number of carbonyl (C=O) groups excluding carboxylic acids is 1. The van der Waals surface area contributed by atoms with Crippen molar-refractivity contribution in [3.8, 4) is 23.2 Å². The lowest BCUT2D eigenvalue weighted by atomic mass is 10.0. The Morgan fingerprint density at radius 2 is 2.29 bits per heavy atom. The number of urea groups is 1. The zero-order valence-electron chi connectivity index (χ0n) is 19.9. The third-order valence-electron chi connectivity index (χ3n) is 6.40. The number of carbonyl (C=O) groups is 1. The number of methoxy groups -OCH3 is 1. The van der Waals surface area contributed by atoms with Crippen LogP contribution in [0.1, 0.15) is 38.3 Å². The van der Waals surface area contributed by atoms with Gasteiger partial charge in [0.25, 0.3) is 5.88 Å². The van der Waals surface area contributed by atoms with Gasteiger partial charge in [-0.2, -0.15) is 5.26 Å². The summed E-state index contributed by atoms with van der Waals surface area (Å²) in [5.41, 5.74) is 3.40. The summed E-state index contributed by atoms with van der Waals surface area (Å²) >= 11 is 0. The van der Waals surface area contributed by atoms with Crippen molar-refractivity contribution in [3.05, 3.63) is 48.4 Å². The van der Waals surface area contributed by atoms with Crippen molar-refractivity contribution in [1.82, 2.24) is 29.5 Å². The van der Waals surface area contributed by atoms with Crippen LogP contribution in [0.3, 0.4) is 0 Å². The van der Waals surface area contributed by atoms with Crippen molar-refractivity contribution >= 4 is 11.7 Å². The molecule has 0 saturated carbocycles. The monoisotopic (exact) mass is 461 g/mol. The molecule has 1 aromatic carbocycles. The summed E-state index contributed by atoms with van der Waals surface area (Å²) in [4.78, 5) is 26.0. The number of fused-ring (bicyclic) bond motifs is 1. The highest BCUT2D eigenvalue weighted by molar-refractivity contribution is 5.75. The first kappa shape index (κ1) is 23.5. The Bertz CT molecular complexity index is 1190. The maximum absolute atomic E-state index is 13.2. The maximum atomic E-state index is 13.2. The molecule has 2 aromatic heterocycles. The van der Waals surface area contributed by atoms with Crippen molar-refractivity contribution < 1.29 is 9.53 Å². The normalized spacial score (nSPS) is 17.2. The lowest BCUT2D eigenvalue weighted by Crippen LogP contribution is -2.52. The summed E-state index contributed by atoms with van der Waals surface area (Å²) in [6.45, 7) is 6.63. The van der Waals surface area contributed by atoms with Gasteiger partial charge in [-0.15, -0.1) is 0 Å². The average Bonchev–Trinajstić information content (AvgIpc) is 3.33. The van der Waals surface area contributed by atoms with E-state index in [2.05, 4.69) is 32.3 Å². The second-order valence-electron chi connectivity index (χ2n) is 8.56. The molecule has 1 saturated heterocycles. The topological polar surface area (TPSA) is 98.8 Å². The molecule has 1 aliphatic rings. The zero-order chi connectivity index (χ0) is 24.1. The maximum Gasteiger partial charge on any atom is 0.318 e. The number of nitrogens with zero attached hydrogens (tertiary/aromatic N) is 6. The van der Waals surface area contributed by atoms with E-state index in [0.717, 1.165) is 36.2 Å². The number of imidazole rings is 1. The molecule has 3 aromatic rings. The van der Waals surface area contributed by atoms with Gasteiger partial charge < -0.3 is 19.4 Å². The minimum absolute atomic E-state index is 0.0563. The predicted molar refractivity (Wildman–Crippen MR) is 129 cm³/mol. The van der Waals surface area contributed by atoms with Crippen LogP contribution in [0, 0.1) is 11.3 Å². The minimum Gasteiger partial charge on any atom is -0.478 e. The van der Waals surface area contributed by atoms with E-state index in [9.17, 15) is 4.79 Å². The standard InChI is InChI=1S/C25H31N7O2/c1-4-32(25(33)28-21-9-6-12-30(16-21)13-10-26)18(2)19-7-5-8-20(15-19)22-17-31-14-11-27-23(31)24(29-22)34-3/h5,7-8,11,14-15,17-18,21H,4,6,9,12-13,16H2,1-3H3,(H,28,33)/t18-,21?/m1/s1. The van der Waals surface area contributed by atoms with Crippen LogP contribution in [-0.4, -0.2) is 69.5 Å². The molecule has 1 aliphatic heterocycles. The summed E-state index contributed by atoms with van der Waals surface area (Å²) in [6.07, 6.45) is 7.41. The number of ether oxygens (including phenoxy) is 1. The first-order valence-electron chi connectivity index (χ1n) is 11.7. The number of rotatable bonds is 7. The third-order valence-corrected chi connectivity index (χ3v) is 6.40. The average molecular weight is 462 g/mol. The van der Waals surface area contributed by atoms with E-state index in [1.165, 1.54) is 0 Å². The number of likely N-dealkylation sites (tertiary alicyclic amines) is 1. The number of piperidine rings is 1. The highest BCUT2D eigenvalue weighted by atomic mass is 16.5. The number of aromatic nitrogens is 3. The van der Waals surface area contributed by atoms with Crippen molar-refractivity contribution in [2.24, 2.45) is 0 Å². The molecule has 9 heteroatoms. The third kappa shape index (κ3) is 4.97. The summed E-state index contributed by atoms with van der Waals surface area (Å²) in [5, 5.41) is 12.2. The van der Waals surface area contributed by atoms with Gasteiger partial charge in [-0.1, -0.05) is 18.2 Å². The molecule has 3 heterocycles. The van der Waals surface area contributed by atoms with Gasteiger partial charge in [0.05, 0.1) is 31.5 Å². The van der Waals surface area contributed by atoms with E-state index in [1.54, 1.807) is 13.3 Å². The fourth-order valence-corrected chi connectivity index (χ4v) is 4.58. The van der Waals surface area contributed by atoms with Crippen molar-refractivity contribution in [3.63, 3.8) is 0 Å². The number of nitriles is 1. The molecule has 1 N–H and O–H groups in total. The molecule has 1 unspecified atom stereocenters. The Hall–Kier alpha value is -3.64. The molecule has 34 heavy (non-hydrogen) atoms. The quantitative estimate of drug-likeness (QED) is 0.541. The molecule has 0 bridgehead atoms. The van der Waals surface area contributed by atoms with E-state index in [4.69, 9.17) is 10.00 Å². The number of benzene rings is 1. The van der Waals surface area contributed by atoms with Gasteiger partial charge in [-0.05, 0) is 44.9 Å². The second-order valence-corrected chi connectivity index (χ2v) is 8.56. The molecule has 178 valence electrons. The molecule has 0 aliphatic carbocycles. The number of hydrogen-bond acceptors (Lipinski definition) is 6. The summed E-state index contributed by atoms with van der Waals surface area (Å²) in [5.74, 6) is 0.466. The van der Waals surface area contributed by atoms with Gasteiger partial charge in [0, 0.05) is 43.3 Å². The largest absolute Gasteiger partial charge is 0.478 e. The van der Waals surface area contributed by atoms with E-state index in [0.29, 0.717) is 31.2 Å². The molecule has 9 nitrogen and oxygen atoms in total. The van der Waals surface area contributed by atoms with Crippen LogP contribution >= 0.6 is 0 Å². The fraction of sp³-hybridized carbons (Fsp3) is 0.440. The lowest BCUT2D eigenvalue weighted by Gasteiger charge is -2.35. The van der Waals surface area contributed by atoms with Crippen LogP contribution in [0.25, 0.3) is 16.9 Å². The molecule has 0 radical (unpaired) electrons. The Kier molecular flexibility index (Phi) is 7.28. The van der Waals surface area contributed by atoms with Gasteiger partial charge in [-0.3, -0.25) is 4.90 Å². The van der Waals surface area contributed by atoms with Crippen LogP contribution < -0.4 is 10.1 Å². The van der Waals surface area contributed by atoms with Gasteiger partial charge >= 0.3 is 6.03 Å². The number of hydrogen-bond donors (Lipinski definition) is 1. The highest BCUT2D eigenvalue weighted by Crippen LogP contribution is 2.28.